The van der Waals surface area contributed by atoms with Crippen LogP contribution in [-0.2, 0) is 9.59 Å². The van der Waals surface area contributed by atoms with E-state index in [2.05, 4.69) is 61.9 Å². The van der Waals surface area contributed by atoms with Crippen LogP contribution >= 0.6 is 0 Å². The molecule has 0 saturated carbocycles. The number of hydrogen-bond acceptors (Lipinski definition) is 4. The van der Waals surface area contributed by atoms with Gasteiger partial charge in [0, 0.05) is 18.9 Å². The lowest BCUT2D eigenvalue weighted by Gasteiger charge is -2.15. The van der Waals surface area contributed by atoms with Crippen molar-refractivity contribution in [3.8, 4) is 0 Å². The molecule has 1 unspecified atom stereocenters. The molecule has 6 nitrogen and oxygen atoms in total. The predicted molar refractivity (Wildman–Crippen MR) is 154 cm³/mol. The number of benzene rings is 2. The lowest BCUT2D eigenvalue weighted by Crippen LogP contribution is -2.24. The molecule has 0 bridgehead atoms. The zero-order valence-electron chi connectivity index (χ0n) is 23.2. The molecule has 0 aliphatic heterocycles. The summed E-state index contributed by atoms with van der Waals surface area (Å²) < 4.78 is 25.4. The van der Waals surface area contributed by atoms with Crippen molar-refractivity contribution in [3.05, 3.63) is 94.6 Å². The van der Waals surface area contributed by atoms with Crippen LogP contribution in [0.15, 0.2) is 82.1 Å². The van der Waals surface area contributed by atoms with E-state index >= 15 is 0 Å². The van der Waals surface area contributed by atoms with Gasteiger partial charge in [-0.1, -0.05) is 62.7 Å². The molecule has 1 amide bonds. The highest BCUT2D eigenvalue weighted by molar-refractivity contribution is 5.82. The molecule has 0 spiro atoms. The van der Waals surface area contributed by atoms with Crippen LogP contribution in [0.2, 0.25) is 0 Å². The van der Waals surface area contributed by atoms with Gasteiger partial charge >= 0.3 is 5.97 Å². The number of hydrogen-bond donors (Lipinski definition) is 2. The number of aliphatic carboxylic acids is 1. The normalized spacial score (nSPS) is 14.5. The maximum absolute atomic E-state index is 13.0. The van der Waals surface area contributed by atoms with E-state index in [1.54, 1.807) is 36.7 Å². The third kappa shape index (κ3) is 14.0. The summed E-state index contributed by atoms with van der Waals surface area (Å²) in [4.78, 5) is 30.7. The van der Waals surface area contributed by atoms with Crippen molar-refractivity contribution in [2.24, 2.45) is 15.9 Å². The highest BCUT2D eigenvalue weighted by atomic mass is 19.2. The molecule has 210 valence electrons. The molecule has 0 heterocycles. The Balaban J connectivity index is 0.000000575. The largest absolute Gasteiger partial charge is 0.481 e. The Labute approximate surface area is 230 Å². The lowest BCUT2D eigenvalue weighted by molar-refractivity contribution is -0.137. The zero-order valence-corrected chi connectivity index (χ0v) is 23.2. The van der Waals surface area contributed by atoms with Gasteiger partial charge in [-0.2, -0.15) is 5.54 Å². The standard InChI is InChI=1S/C20H21F2N3O3.C8H10.C3H8/c21-16-8-5-14(6-9-16)13-24-17-10-7-15(20(28)25-22)12-18(17)23-11-3-1-2-4-19(26)27;1-7-5-3-4-6-8(7)2;1-3-2/h5-6,8-13,15H,1-4,7H2,(H,25,28)(H,26,27);3-6H,1-2H3;3H2,1-2H3. The average molecular weight is 540 g/mol. The number of rotatable bonds is 9. The Morgan fingerprint density at radius 3 is 2.15 bits per heavy atom. The average Bonchev–Trinajstić information content (AvgIpc) is 2.92. The summed E-state index contributed by atoms with van der Waals surface area (Å²) in [6.45, 7) is 8.49. The molecule has 1 aliphatic carbocycles. The number of aliphatic imine (C=N–C) groups is 2. The molecule has 1 aliphatic rings. The Kier molecular flexibility index (Phi) is 16.3. The SMILES string of the molecule is CCC.Cc1ccccc1C.O=C(O)CCCCC=NC1=CC(C(=O)NF)CC=C1N=Cc1ccc(F)cc1. The predicted octanol–water partition coefficient (Wildman–Crippen LogP) is 7.47. The van der Waals surface area contributed by atoms with Crippen molar-refractivity contribution < 1.29 is 23.6 Å². The van der Waals surface area contributed by atoms with Gasteiger partial charge in [0.1, 0.15) is 5.82 Å². The number of halogens is 2. The minimum atomic E-state index is -0.840. The molecule has 2 aromatic rings. The van der Waals surface area contributed by atoms with Crippen LogP contribution < -0.4 is 5.54 Å². The Bertz CT molecular complexity index is 1130. The van der Waals surface area contributed by atoms with Gasteiger partial charge in [-0.25, -0.2) is 4.39 Å². The highest BCUT2D eigenvalue weighted by Crippen LogP contribution is 2.25. The van der Waals surface area contributed by atoms with Crippen LogP contribution in [0.1, 0.15) is 69.1 Å². The van der Waals surface area contributed by atoms with Gasteiger partial charge in [0.2, 0.25) is 0 Å². The fraction of sp³-hybridized carbons (Fsp3) is 0.355. The molecule has 0 aromatic heterocycles. The molecule has 2 N–H and O–H groups in total. The van der Waals surface area contributed by atoms with Crippen LogP contribution in [-0.4, -0.2) is 29.4 Å². The van der Waals surface area contributed by atoms with E-state index in [9.17, 15) is 18.5 Å². The van der Waals surface area contributed by atoms with E-state index in [4.69, 9.17) is 5.11 Å². The first kappa shape index (κ1) is 33.1. The zero-order chi connectivity index (χ0) is 29.0. The third-order valence-corrected chi connectivity index (χ3v) is 5.47. The molecule has 3 rings (SSSR count). The van der Waals surface area contributed by atoms with Gasteiger partial charge in [-0.3, -0.25) is 19.6 Å². The van der Waals surface area contributed by atoms with E-state index in [-0.39, 0.29) is 18.7 Å². The summed E-state index contributed by atoms with van der Waals surface area (Å²) in [6, 6.07) is 14.2. The Morgan fingerprint density at radius 1 is 1.00 bits per heavy atom. The minimum Gasteiger partial charge on any atom is -0.481 e. The summed E-state index contributed by atoms with van der Waals surface area (Å²) in [5, 5.41) is 8.63. The number of carboxylic acid groups (broad SMARTS) is 1. The van der Waals surface area contributed by atoms with Crippen molar-refractivity contribution in [1.82, 2.24) is 5.54 Å². The van der Waals surface area contributed by atoms with Gasteiger partial charge in [0.15, 0.2) is 0 Å². The van der Waals surface area contributed by atoms with Gasteiger partial charge in [0.05, 0.1) is 17.3 Å². The maximum atomic E-state index is 13.0. The summed E-state index contributed by atoms with van der Waals surface area (Å²) in [6.07, 6.45) is 9.82. The van der Waals surface area contributed by atoms with Crippen LogP contribution in [0.4, 0.5) is 8.87 Å². The fourth-order valence-electron chi connectivity index (χ4n) is 3.20. The van der Waals surface area contributed by atoms with Gasteiger partial charge in [-0.15, -0.1) is 4.48 Å². The molecule has 0 radical (unpaired) electrons. The summed E-state index contributed by atoms with van der Waals surface area (Å²) >= 11 is 0. The van der Waals surface area contributed by atoms with Crippen LogP contribution in [0.3, 0.4) is 0 Å². The maximum Gasteiger partial charge on any atom is 0.303 e. The van der Waals surface area contributed by atoms with Gasteiger partial charge < -0.3 is 5.11 Å². The second-order valence-electron chi connectivity index (χ2n) is 8.99. The van der Waals surface area contributed by atoms with Crippen molar-refractivity contribution in [2.75, 3.05) is 0 Å². The molecular weight excluding hydrogens is 500 g/mol. The molecule has 39 heavy (non-hydrogen) atoms. The topological polar surface area (TPSA) is 91.1 Å². The quantitative estimate of drug-likeness (QED) is 0.197. The highest BCUT2D eigenvalue weighted by Gasteiger charge is 2.21. The van der Waals surface area contributed by atoms with Crippen LogP contribution in [0.25, 0.3) is 0 Å². The summed E-state index contributed by atoms with van der Waals surface area (Å²) in [5.74, 6) is -2.63. The van der Waals surface area contributed by atoms with Crippen molar-refractivity contribution in [3.63, 3.8) is 0 Å². The van der Waals surface area contributed by atoms with Gasteiger partial charge in [-0.05, 0) is 74.4 Å². The van der Waals surface area contributed by atoms with E-state index < -0.39 is 17.8 Å². The number of carbonyl (C=O) groups is 2. The number of carbonyl (C=O) groups excluding carboxylic acids is 1. The van der Waals surface area contributed by atoms with Crippen molar-refractivity contribution >= 4 is 24.3 Å². The number of allylic oxidation sites excluding steroid dienone is 1. The number of aryl methyl sites for hydroxylation is 2. The number of unbranched alkanes of at least 4 members (excludes halogenated alkanes) is 2. The number of nitrogens with one attached hydrogen (secondary N) is 1. The summed E-state index contributed by atoms with van der Waals surface area (Å²) in [7, 11) is 0. The van der Waals surface area contributed by atoms with E-state index in [0.717, 1.165) is 5.54 Å². The monoisotopic (exact) mass is 539 g/mol. The van der Waals surface area contributed by atoms with Gasteiger partial charge in [0.25, 0.3) is 5.91 Å². The molecule has 0 fully saturated rings. The molecular formula is C31H39F2N3O3. The first-order chi connectivity index (χ1) is 18.7. The molecule has 8 heteroatoms. The molecule has 2 aromatic carbocycles. The number of nitrogens with zero attached hydrogens (tertiary/aromatic N) is 2. The Hall–Kier alpha value is -3.94. The van der Waals surface area contributed by atoms with Crippen molar-refractivity contribution in [1.29, 1.82) is 0 Å². The second-order valence-corrected chi connectivity index (χ2v) is 8.99. The first-order valence-electron chi connectivity index (χ1n) is 13.1. The molecule has 0 saturated heterocycles. The fourth-order valence-corrected chi connectivity index (χ4v) is 3.20. The number of amides is 1. The van der Waals surface area contributed by atoms with Crippen LogP contribution in [0, 0.1) is 25.6 Å². The van der Waals surface area contributed by atoms with E-state index in [1.807, 2.05) is 0 Å². The second kappa shape index (κ2) is 19.2. The first-order valence-corrected chi connectivity index (χ1v) is 13.1. The molecule has 1 atom stereocenters. The van der Waals surface area contributed by atoms with Crippen LogP contribution in [0.5, 0.6) is 0 Å². The third-order valence-electron chi connectivity index (χ3n) is 5.47. The van der Waals surface area contributed by atoms with E-state index in [1.165, 1.54) is 29.7 Å². The lowest BCUT2D eigenvalue weighted by atomic mass is 9.97. The smallest absolute Gasteiger partial charge is 0.303 e. The summed E-state index contributed by atoms with van der Waals surface area (Å²) in [5.41, 5.74) is 5.52. The Morgan fingerprint density at radius 2 is 1.62 bits per heavy atom. The minimum absolute atomic E-state index is 0.0996. The number of carboxylic acids is 1. The van der Waals surface area contributed by atoms with Crippen molar-refractivity contribution in [2.45, 2.75) is 66.2 Å². The van der Waals surface area contributed by atoms with E-state index in [0.29, 0.717) is 36.2 Å².